The Hall–Kier alpha value is -0.120. The lowest BCUT2D eigenvalue weighted by atomic mass is 10.0. The summed E-state index contributed by atoms with van der Waals surface area (Å²) in [6.07, 6.45) is -0.587. The van der Waals surface area contributed by atoms with Gasteiger partial charge in [0, 0.05) is 6.54 Å². The molecule has 0 fully saturated rings. The molecule has 3 heteroatoms. The molecule has 0 saturated heterocycles. The smallest absolute Gasteiger partial charge is 0.0923 e. The Morgan fingerprint density at radius 1 is 0.857 bits per heavy atom. The SMILES string of the molecule is CC(C)CNC[C@@H](O)[C@@H](O)CC(C)C. The minimum atomic E-state index is -0.642. The van der Waals surface area contributed by atoms with E-state index in [4.69, 9.17) is 0 Å². The maximum atomic E-state index is 9.57. The van der Waals surface area contributed by atoms with Crippen LogP contribution >= 0.6 is 0 Å². The highest BCUT2D eigenvalue weighted by molar-refractivity contribution is 4.71. The van der Waals surface area contributed by atoms with Gasteiger partial charge in [-0.15, -0.1) is 0 Å². The van der Waals surface area contributed by atoms with Crippen LogP contribution in [0.5, 0.6) is 0 Å². The molecule has 0 saturated carbocycles. The summed E-state index contributed by atoms with van der Waals surface area (Å²) in [7, 11) is 0. The average molecular weight is 203 g/mol. The molecule has 0 aliphatic heterocycles. The van der Waals surface area contributed by atoms with Gasteiger partial charge in [0.25, 0.3) is 0 Å². The van der Waals surface area contributed by atoms with Crippen molar-refractivity contribution in [1.29, 1.82) is 0 Å². The van der Waals surface area contributed by atoms with E-state index in [0.717, 1.165) is 6.54 Å². The van der Waals surface area contributed by atoms with Gasteiger partial charge in [-0.2, -0.15) is 0 Å². The predicted molar refractivity (Wildman–Crippen MR) is 59.2 cm³/mol. The molecule has 3 nitrogen and oxygen atoms in total. The fraction of sp³-hybridized carbons (Fsp3) is 1.00. The van der Waals surface area contributed by atoms with Gasteiger partial charge in [-0.05, 0) is 24.8 Å². The van der Waals surface area contributed by atoms with Crippen LogP contribution in [0.2, 0.25) is 0 Å². The second-order valence-electron chi connectivity index (χ2n) is 4.82. The topological polar surface area (TPSA) is 52.5 Å². The quantitative estimate of drug-likeness (QED) is 0.578. The van der Waals surface area contributed by atoms with Gasteiger partial charge < -0.3 is 15.5 Å². The Morgan fingerprint density at radius 2 is 1.43 bits per heavy atom. The Balaban J connectivity index is 3.56. The predicted octanol–water partition coefficient (Wildman–Crippen LogP) is 1.000. The first-order chi connectivity index (χ1) is 6.43. The molecule has 0 amide bonds. The molecule has 3 N–H and O–H groups in total. The van der Waals surface area contributed by atoms with Crippen LogP contribution in [0, 0.1) is 11.8 Å². The van der Waals surface area contributed by atoms with Crippen LogP contribution < -0.4 is 5.32 Å². The van der Waals surface area contributed by atoms with Crippen molar-refractivity contribution in [2.75, 3.05) is 13.1 Å². The summed E-state index contributed by atoms with van der Waals surface area (Å²) in [5.41, 5.74) is 0. The second-order valence-corrected chi connectivity index (χ2v) is 4.82. The largest absolute Gasteiger partial charge is 0.390 e. The highest BCUT2D eigenvalue weighted by Crippen LogP contribution is 2.07. The van der Waals surface area contributed by atoms with E-state index < -0.39 is 12.2 Å². The number of hydrogen-bond acceptors (Lipinski definition) is 3. The third kappa shape index (κ3) is 7.30. The van der Waals surface area contributed by atoms with Gasteiger partial charge in [0.1, 0.15) is 0 Å². The lowest BCUT2D eigenvalue weighted by Crippen LogP contribution is -2.38. The van der Waals surface area contributed by atoms with E-state index in [9.17, 15) is 10.2 Å². The van der Waals surface area contributed by atoms with Crippen LogP contribution in [0.4, 0.5) is 0 Å². The van der Waals surface area contributed by atoms with Crippen LogP contribution in [-0.2, 0) is 0 Å². The molecule has 0 aromatic rings. The Kier molecular flexibility index (Phi) is 7.15. The van der Waals surface area contributed by atoms with Crippen molar-refractivity contribution in [3.63, 3.8) is 0 Å². The molecule has 0 aromatic heterocycles. The molecule has 0 radical (unpaired) electrons. The maximum Gasteiger partial charge on any atom is 0.0923 e. The van der Waals surface area contributed by atoms with Gasteiger partial charge in [0.2, 0.25) is 0 Å². The fourth-order valence-corrected chi connectivity index (χ4v) is 1.30. The Morgan fingerprint density at radius 3 is 1.86 bits per heavy atom. The van der Waals surface area contributed by atoms with Gasteiger partial charge in [0.05, 0.1) is 12.2 Å². The van der Waals surface area contributed by atoms with Crippen LogP contribution in [0.25, 0.3) is 0 Å². The van der Waals surface area contributed by atoms with E-state index in [1.807, 2.05) is 13.8 Å². The molecule has 14 heavy (non-hydrogen) atoms. The van der Waals surface area contributed by atoms with E-state index in [-0.39, 0.29) is 0 Å². The van der Waals surface area contributed by atoms with Gasteiger partial charge in [0.15, 0.2) is 0 Å². The van der Waals surface area contributed by atoms with Gasteiger partial charge >= 0.3 is 0 Å². The van der Waals surface area contributed by atoms with E-state index in [2.05, 4.69) is 19.2 Å². The second kappa shape index (κ2) is 7.21. The van der Waals surface area contributed by atoms with Crippen LogP contribution in [0.1, 0.15) is 34.1 Å². The van der Waals surface area contributed by atoms with Gasteiger partial charge in [-0.1, -0.05) is 27.7 Å². The summed E-state index contributed by atoms with van der Waals surface area (Å²) in [6, 6.07) is 0. The zero-order valence-corrected chi connectivity index (χ0v) is 9.83. The third-order valence-corrected chi connectivity index (χ3v) is 2.06. The van der Waals surface area contributed by atoms with E-state index >= 15 is 0 Å². The normalized spacial score (nSPS) is 16.3. The minimum Gasteiger partial charge on any atom is -0.390 e. The molecule has 2 atom stereocenters. The van der Waals surface area contributed by atoms with Crippen molar-refractivity contribution in [3.05, 3.63) is 0 Å². The molecular formula is C11H25NO2. The molecule has 0 bridgehead atoms. The molecule has 0 aliphatic rings. The van der Waals surface area contributed by atoms with Crippen LogP contribution in [0.3, 0.4) is 0 Å². The standard InChI is InChI=1S/C11H25NO2/c1-8(2)5-10(13)11(14)7-12-6-9(3)4/h8-14H,5-7H2,1-4H3/t10-,11+/m0/s1. The van der Waals surface area contributed by atoms with Crippen molar-refractivity contribution >= 4 is 0 Å². The van der Waals surface area contributed by atoms with Gasteiger partial charge in [-0.25, -0.2) is 0 Å². The first-order valence-electron chi connectivity index (χ1n) is 5.50. The molecular weight excluding hydrogens is 178 g/mol. The summed E-state index contributed by atoms with van der Waals surface area (Å²) in [5.74, 6) is 0.995. The minimum absolute atomic E-state index is 0.421. The Bertz CT molecular complexity index is 137. The lowest BCUT2D eigenvalue weighted by molar-refractivity contribution is 0.00819. The first kappa shape index (κ1) is 13.9. The summed E-state index contributed by atoms with van der Waals surface area (Å²) in [6.45, 7) is 9.67. The average Bonchev–Trinajstić information content (AvgIpc) is 2.01. The zero-order chi connectivity index (χ0) is 11.1. The molecule has 0 aromatic carbocycles. The van der Waals surface area contributed by atoms with Crippen molar-refractivity contribution in [2.45, 2.75) is 46.3 Å². The number of rotatable bonds is 7. The van der Waals surface area contributed by atoms with Crippen molar-refractivity contribution < 1.29 is 10.2 Å². The van der Waals surface area contributed by atoms with Gasteiger partial charge in [-0.3, -0.25) is 0 Å². The highest BCUT2D eigenvalue weighted by Gasteiger charge is 2.16. The molecule has 0 heterocycles. The maximum absolute atomic E-state index is 9.57. The molecule has 0 aliphatic carbocycles. The van der Waals surface area contributed by atoms with Crippen molar-refractivity contribution in [2.24, 2.45) is 11.8 Å². The fourth-order valence-electron chi connectivity index (χ4n) is 1.30. The summed E-state index contributed by atoms with van der Waals surface area (Å²) in [5, 5.41) is 22.3. The zero-order valence-electron chi connectivity index (χ0n) is 9.83. The number of nitrogens with one attached hydrogen (secondary N) is 1. The van der Waals surface area contributed by atoms with Crippen LogP contribution in [-0.4, -0.2) is 35.5 Å². The molecule has 0 unspecified atom stereocenters. The molecule has 0 rings (SSSR count). The van der Waals surface area contributed by atoms with E-state index in [1.165, 1.54) is 0 Å². The summed E-state index contributed by atoms with van der Waals surface area (Å²) >= 11 is 0. The molecule has 86 valence electrons. The number of hydrogen-bond donors (Lipinski definition) is 3. The van der Waals surface area contributed by atoms with E-state index in [0.29, 0.717) is 24.8 Å². The van der Waals surface area contributed by atoms with E-state index in [1.54, 1.807) is 0 Å². The first-order valence-corrected chi connectivity index (χ1v) is 5.50. The van der Waals surface area contributed by atoms with Crippen molar-refractivity contribution in [3.8, 4) is 0 Å². The highest BCUT2D eigenvalue weighted by atomic mass is 16.3. The van der Waals surface area contributed by atoms with Crippen LogP contribution in [0.15, 0.2) is 0 Å². The monoisotopic (exact) mass is 203 g/mol. The number of aliphatic hydroxyl groups excluding tert-OH is 2. The molecule has 0 spiro atoms. The number of aliphatic hydroxyl groups is 2. The third-order valence-electron chi connectivity index (χ3n) is 2.06. The Labute approximate surface area is 87.5 Å². The van der Waals surface area contributed by atoms with Crippen molar-refractivity contribution in [1.82, 2.24) is 5.32 Å². The summed E-state index contributed by atoms with van der Waals surface area (Å²) in [4.78, 5) is 0. The lowest BCUT2D eigenvalue weighted by Gasteiger charge is -2.20. The summed E-state index contributed by atoms with van der Waals surface area (Å²) < 4.78 is 0.